The summed E-state index contributed by atoms with van der Waals surface area (Å²) in [5.74, 6) is 0.915. The van der Waals surface area contributed by atoms with Gasteiger partial charge in [-0.05, 0) is 37.1 Å². The number of nitrogens with zero attached hydrogens (tertiary/aromatic N) is 4. The summed E-state index contributed by atoms with van der Waals surface area (Å²) >= 11 is 0. The van der Waals surface area contributed by atoms with Crippen LogP contribution in [0.2, 0.25) is 0 Å². The number of likely N-dealkylation sites (N-methyl/N-ethyl adjacent to an activating group) is 1. The summed E-state index contributed by atoms with van der Waals surface area (Å²) in [6.45, 7) is 0.437. The van der Waals surface area contributed by atoms with Crippen molar-refractivity contribution in [2.24, 2.45) is 16.6 Å². The van der Waals surface area contributed by atoms with E-state index in [1.807, 2.05) is 0 Å². The largest absolute Gasteiger partial charge is 0.439 e. The van der Waals surface area contributed by atoms with Gasteiger partial charge in [0.25, 0.3) is 0 Å². The Labute approximate surface area is 200 Å². The minimum Gasteiger partial charge on any atom is -0.439 e. The summed E-state index contributed by atoms with van der Waals surface area (Å²) in [5.41, 5.74) is 8.01. The van der Waals surface area contributed by atoms with Crippen molar-refractivity contribution in [1.29, 1.82) is 0 Å². The number of nitrogens with two attached hydrogens (primary N) is 1. The number of benzene rings is 1. The highest BCUT2D eigenvalue weighted by molar-refractivity contribution is 6.06. The smallest absolute Gasteiger partial charge is 0.353 e. The third-order valence-corrected chi connectivity index (χ3v) is 6.19. The highest BCUT2D eigenvalue weighted by Crippen LogP contribution is 2.31. The van der Waals surface area contributed by atoms with Crippen LogP contribution in [0.15, 0.2) is 41.8 Å². The van der Waals surface area contributed by atoms with Crippen LogP contribution in [0.1, 0.15) is 30.5 Å². The van der Waals surface area contributed by atoms with Crippen LogP contribution in [0.25, 0.3) is 10.9 Å². The number of nitrogens with one attached hydrogen (secondary N) is 2. The van der Waals surface area contributed by atoms with E-state index in [9.17, 15) is 14.4 Å². The summed E-state index contributed by atoms with van der Waals surface area (Å²) in [6.07, 6.45) is 5.20. The number of amidine groups is 1. The van der Waals surface area contributed by atoms with Gasteiger partial charge in [0.05, 0.1) is 23.7 Å². The number of hydrogen-bond acceptors (Lipinski definition) is 7. The van der Waals surface area contributed by atoms with Gasteiger partial charge >= 0.3 is 6.03 Å². The Morgan fingerprint density at radius 1 is 1.26 bits per heavy atom. The molecule has 0 saturated heterocycles. The fraction of sp³-hybridized carbons (Fsp3) is 0.333. The fourth-order valence-corrected chi connectivity index (χ4v) is 4.14. The molecule has 1 atom stereocenters. The summed E-state index contributed by atoms with van der Waals surface area (Å²) in [6, 6.07) is 6.06. The molecule has 0 spiro atoms. The normalized spacial score (nSPS) is 17.6. The number of Topliss-reactive ketones (excluding diaryl/α,β-unsaturated/α-hetero) is 1. The maximum atomic E-state index is 12.6. The van der Waals surface area contributed by atoms with Crippen LogP contribution < -0.4 is 21.1 Å². The molecule has 3 aromatic rings. The standard InChI is InChI=1S/C24H25N7O4/c1-26-22(33)17-9-16-18(11-27-17)28-12-29-23(16)35-15-4-5-19-14(8-15)6-7-31(19)24(34)30-21(25)10-20(32)13-2-3-13/h4-8,12-13,17,27H,2-3,9-11H2,1H3,(H,26,33)(H2,25,30,34). The molecule has 2 aliphatic rings. The van der Waals surface area contributed by atoms with E-state index < -0.39 is 12.1 Å². The van der Waals surface area contributed by atoms with Gasteiger partial charge in [0.1, 0.15) is 23.7 Å². The number of ketones is 1. The summed E-state index contributed by atoms with van der Waals surface area (Å²) < 4.78 is 7.44. The van der Waals surface area contributed by atoms with E-state index in [2.05, 4.69) is 25.6 Å². The molecule has 5 rings (SSSR count). The Kier molecular flexibility index (Phi) is 6.00. The number of hydrogen-bond donors (Lipinski definition) is 3. The fourth-order valence-electron chi connectivity index (χ4n) is 4.14. The summed E-state index contributed by atoms with van der Waals surface area (Å²) in [7, 11) is 1.60. The van der Waals surface area contributed by atoms with Gasteiger partial charge < -0.3 is 15.8 Å². The lowest BCUT2D eigenvalue weighted by Gasteiger charge is -2.25. The van der Waals surface area contributed by atoms with Gasteiger partial charge in [-0.2, -0.15) is 4.99 Å². The van der Waals surface area contributed by atoms with Gasteiger partial charge in [-0.3, -0.25) is 19.5 Å². The maximum absolute atomic E-state index is 12.6. The first-order valence-corrected chi connectivity index (χ1v) is 11.4. The van der Waals surface area contributed by atoms with Crippen LogP contribution in [0.4, 0.5) is 4.79 Å². The number of fused-ring (bicyclic) bond motifs is 2. The van der Waals surface area contributed by atoms with E-state index in [0.717, 1.165) is 29.5 Å². The van der Waals surface area contributed by atoms with Crippen LogP contribution in [0, 0.1) is 5.92 Å². The van der Waals surface area contributed by atoms with Gasteiger partial charge in [0, 0.05) is 43.1 Å². The molecule has 35 heavy (non-hydrogen) atoms. The SMILES string of the molecule is CNC(=O)C1Cc2c(ncnc2Oc2ccc3c(ccn3C(=O)N=C(N)CC(=O)C3CC3)c2)CN1. The van der Waals surface area contributed by atoms with Crippen molar-refractivity contribution in [2.45, 2.75) is 38.3 Å². The first-order valence-electron chi connectivity index (χ1n) is 11.4. The maximum Gasteiger partial charge on any atom is 0.353 e. The molecule has 1 saturated carbocycles. The zero-order chi connectivity index (χ0) is 24.5. The molecule has 1 aliphatic heterocycles. The topological polar surface area (TPSA) is 154 Å². The molecule has 1 aliphatic carbocycles. The van der Waals surface area contributed by atoms with Crippen LogP contribution in [-0.4, -0.2) is 51.2 Å². The number of carbonyl (C=O) groups excluding carboxylic acids is 3. The molecule has 11 nitrogen and oxygen atoms in total. The first kappa shape index (κ1) is 22.7. The monoisotopic (exact) mass is 475 g/mol. The average molecular weight is 476 g/mol. The van der Waals surface area contributed by atoms with Crippen molar-refractivity contribution in [1.82, 2.24) is 25.2 Å². The van der Waals surface area contributed by atoms with Crippen molar-refractivity contribution in [3.63, 3.8) is 0 Å². The Morgan fingerprint density at radius 3 is 2.86 bits per heavy atom. The number of aliphatic imine (C=N–C) groups is 1. The molecular weight excluding hydrogens is 450 g/mol. The molecule has 4 N–H and O–H groups in total. The second-order valence-corrected chi connectivity index (χ2v) is 8.67. The summed E-state index contributed by atoms with van der Waals surface area (Å²) in [5, 5.41) is 6.56. The number of aromatic nitrogens is 3. The van der Waals surface area contributed by atoms with Gasteiger partial charge in [-0.15, -0.1) is 0 Å². The predicted molar refractivity (Wildman–Crippen MR) is 127 cm³/mol. The molecule has 1 unspecified atom stereocenters. The van der Waals surface area contributed by atoms with E-state index >= 15 is 0 Å². The van der Waals surface area contributed by atoms with E-state index in [1.54, 1.807) is 37.5 Å². The highest BCUT2D eigenvalue weighted by Gasteiger charge is 2.30. The molecule has 11 heteroatoms. The Balaban J connectivity index is 1.34. The second-order valence-electron chi connectivity index (χ2n) is 8.67. The zero-order valence-corrected chi connectivity index (χ0v) is 19.2. The van der Waals surface area contributed by atoms with Crippen LogP contribution in [0.5, 0.6) is 11.6 Å². The minimum absolute atomic E-state index is 0.00680. The quantitative estimate of drug-likeness (QED) is 0.359. The van der Waals surface area contributed by atoms with Crippen LogP contribution in [0.3, 0.4) is 0 Å². The van der Waals surface area contributed by atoms with Crippen molar-refractivity contribution >= 4 is 34.5 Å². The van der Waals surface area contributed by atoms with Crippen molar-refractivity contribution in [2.75, 3.05) is 7.05 Å². The average Bonchev–Trinajstić information content (AvgIpc) is 3.63. The lowest BCUT2D eigenvalue weighted by atomic mass is 10.00. The first-order chi connectivity index (χ1) is 16.9. The molecule has 0 bridgehead atoms. The predicted octanol–water partition coefficient (Wildman–Crippen LogP) is 1.68. The number of rotatable bonds is 6. The Morgan fingerprint density at radius 2 is 2.09 bits per heavy atom. The second kappa shape index (κ2) is 9.26. The third kappa shape index (κ3) is 4.76. The molecular formula is C24H25N7O4. The Hall–Kier alpha value is -4.12. The zero-order valence-electron chi connectivity index (χ0n) is 19.2. The van der Waals surface area contributed by atoms with Crippen LogP contribution in [-0.2, 0) is 22.6 Å². The van der Waals surface area contributed by atoms with Gasteiger partial charge in [-0.1, -0.05) is 0 Å². The molecule has 1 fully saturated rings. The van der Waals surface area contributed by atoms with E-state index in [0.29, 0.717) is 30.1 Å². The molecule has 2 amide bonds. The van der Waals surface area contributed by atoms with Crippen molar-refractivity contribution < 1.29 is 19.1 Å². The van der Waals surface area contributed by atoms with Crippen molar-refractivity contribution in [3.8, 4) is 11.6 Å². The molecule has 0 radical (unpaired) electrons. The molecule has 3 heterocycles. The van der Waals surface area contributed by atoms with E-state index in [-0.39, 0.29) is 29.9 Å². The lowest BCUT2D eigenvalue weighted by molar-refractivity contribution is -0.123. The lowest BCUT2D eigenvalue weighted by Crippen LogP contribution is -2.47. The van der Waals surface area contributed by atoms with Crippen LogP contribution >= 0.6 is 0 Å². The van der Waals surface area contributed by atoms with E-state index in [1.165, 1.54) is 10.9 Å². The van der Waals surface area contributed by atoms with Gasteiger partial charge in [-0.25, -0.2) is 14.8 Å². The molecule has 1 aromatic carbocycles. The Bertz CT molecular complexity index is 1360. The number of ether oxygens (including phenoxy) is 1. The minimum atomic E-state index is -0.563. The van der Waals surface area contributed by atoms with Gasteiger partial charge in [0.2, 0.25) is 11.8 Å². The third-order valence-electron chi connectivity index (χ3n) is 6.19. The molecule has 2 aromatic heterocycles. The highest BCUT2D eigenvalue weighted by atomic mass is 16.5. The number of carbonyl (C=O) groups is 3. The number of amides is 2. The van der Waals surface area contributed by atoms with E-state index in [4.69, 9.17) is 10.5 Å². The van der Waals surface area contributed by atoms with Crippen molar-refractivity contribution in [3.05, 3.63) is 48.0 Å². The molecule has 180 valence electrons. The van der Waals surface area contributed by atoms with Gasteiger partial charge in [0.15, 0.2) is 0 Å². The summed E-state index contributed by atoms with van der Waals surface area (Å²) in [4.78, 5) is 49.1.